The monoisotopic (exact) mass is 324 g/mol. The van der Waals surface area contributed by atoms with E-state index in [4.69, 9.17) is 10.7 Å². The summed E-state index contributed by atoms with van der Waals surface area (Å²) in [5.41, 5.74) is 8.22. The summed E-state index contributed by atoms with van der Waals surface area (Å²) in [4.78, 5) is 9.30. The van der Waals surface area contributed by atoms with Crippen LogP contribution < -0.4 is 5.73 Å². The molecule has 3 N–H and O–H groups in total. The molecule has 0 bridgehead atoms. The second-order valence-corrected chi connectivity index (χ2v) is 7.01. The second-order valence-electron chi connectivity index (χ2n) is 7.01. The third-order valence-electron chi connectivity index (χ3n) is 5.15. The van der Waals surface area contributed by atoms with Crippen molar-refractivity contribution in [2.75, 3.05) is 5.73 Å². The molecule has 1 saturated carbocycles. The van der Waals surface area contributed by atoms with Crippen LogP contribution in [0.15, 0.2) is 24.3 Å². The Morgan fingerprint density at radius 3 is 2.71 bits per heavy atom. The number of benzene rings is 1. The summed E-state index contributed by atoms with van der Waals surface area (Å²) in [6.45, 7) is 2.74. The van der Waals surface area contributed by atoms with Crippen LogP contribution in [0.4, 0.5) is 5.82 Å². The van der Waals surface area contributed by atoms with Crippen LogP contribution in [-0.2, 0) is 13.0 Å². The fourth-order valence-corrected chi connectivity index (χ4v) is 3.98. The highest BCUT2D eigenvalue weighted by molar-refractivity contribution is 6.06. The first kappa shape index (κ1) is 15.4. The van der Waals surface area contributed by atoms with E-state index >= 15 is 0 Å². The predicted octanol–water partition coefficient (Wildman–Crippen LogP) is 3.42. The molecule has 2 heterocycles. The normalized spacial score (nSPS) is 17.1. The van der Waals surface area contributed by atoms with Crippen molar-refractivity contribution in [3.63, 3.8) is 0 Å². The van der Waals surface area contributed by atoms with Crippen LogP contribution >= 0.6 is 0 Å². The van der Waals surface area contributed by atoms with Gasteiger partial charge in [-0.05, 0) is 25.3 Å². The summed E-state index contributed by atoms with van der Waals surface area (Å²) in [5, 5.41) is 12.0. The van der Waals surface area contributed by atoms with Crippen molar-refractivity contribution >= 4 is 27.8 Å². The fourth-order valence-electron chi connectivity index (χ4n) is 3.98. The van der Waals surface area contributed by atoms with Gasteiger partial charge < -0.3 is 15.4 Å². The number of nitrogens with zero attached hydrogens (tertiary/aromatic N) is 3. The molecule has 2 aromatic heterocycles. The molecule has 126 valence electrons. The van der Waals surface area contributed by atoms with Crippen LogP contribution in [0.5, 0.6) is 0 Å². The second kappa shape index (κ2) is 5.74. The Balaban J connectivity index is 1.99. The predicted molar refractivity (Wildman–Crippen MR) is 96.9 cm³/mol. The zero-order chi connectivity index (χ0) is 16.7. The molecule has 0 spiro atoms. The minimum Gasteiger partial charge on any atom is -0.388 e. The minimum atomic E-state index is -0.630. The lowest BCUT2D eigenvalue weighted by molar-refractivity contribution is 0.0302. The third-order valence-corrected chi connectivity index (χ3v) is 5.15. The molecule has 1 aromatic carbocycles. The number of imidazole rings is 1. The lowest BCUT2D eigenvalue weighted by Gasteiger charge is -2.24. The van der Waals surface area contributed by atoms with Crippen molar-refractivity contribution in [1.29, 1.82) is 0 Å². The molecule has 5 nitrogen and oxygen atoms in total. The van der Waals surface area contributed by atoms with E-state index in [-0.39, 0.29) is 0 Å². The Labute approximate surface area is 141 Å². The van der Waals surface area contributed by atoms with Gasteiger partial charge in [-0.3, -0.25) is 0 Å². The molecule has 1 fully saturated rings. The van der Waals surface area contributed by atoms with Gasteiger partial charge in [0.05, 0.1) is 23.2 Å². The van der Waals surface area contributed by atoms with Gasteiger partial charge >= 0.3 is 0 Å². The maximum absolute atomic E-state index is 11.0. The number of nitrogen functional groups attached to an aromatic ring is 1. The number of aromatic nitrogens is 3. The minimum absolute atomic E-state index is 0.471. The highest BCUT2D eigenvalue weighted by Crippen LogP contribution is 2.35. The van der Waals surface area contributed by atoms with Crippen molar-refractivity contribution in [1.82, 2.24) is 14.5 Å². The van der Waals surface area contributed by atoms with Gasteiger partial charge in [-0.25, -0.2) is 9.97 Å². The first-order valence-corrected chi connectivity index (χ1v) is 8.87. The topological polar surface area (TPSA) is 77.0 Å². The van der Waals surface area contributed by atoms with Crippen LogP contribution in [0.3, 0.4) is 0 Å². The molecule has 0 atom stereocenters. The van der Waals surface area contributed by atoms with E-state index in [1.807, 2.05) is 18.2 Å². The van der Waals surface area contributed by atoms with Gasteiger partial charge in [0.1, 0.15) is 11.3 Å². The van der Waals surface area contributed by atoms with Crippen LogP contribution in [0, 0.1) is 0 Å². The highest BCUT2D eigenvalue weighted by atomic mass is 16.3. The molecule has 1 aliphatic rings. The molecule has 4 rings (SSSR count). The molecule has 0 aliphatic heterocycles. The van der Waals surface area contributed by atoms with E-state index < -0.39 is 5.60 Å². The van der Waals surface area contributed by atoms with Crippen LogP contribution in [0.1, 0.15) is 44.9 Å². The molecular formula is C19H24N4O. The van der Waals surface area contributed by atoms with Crippen molar-refractivity contribution in [2.24, 2.45) is 0 Å². The van der Waals surface area contributed by atoms with Crippen LogP contribution in [-0.4, -0.2) is 25.2 Å². The Morgan fingerprint density at radius 1 is 1.21 bits per heavy atom. The molecule has 5 heteroatoms. The highest BCUT2D eigenvalue weighted by Gasteiger charge is 2.33. The number of rotatable bonds is 4. The average Bonchev–Trinajstić information content (AvgIpc) is 3.14. The van der Waals surface area contributed by atoms with E-state index in [1.165, 1.54) is 0 Å². The number of aryl methyl sites for hydroxylation is 1. The number of aliphatic hydroxyl groups is 1. The Bertz CT molecular complexity index is 893. The van der Waals surface area contributed by atoms with Gasteiger partial charge in [0.25, 0.3) is 0 Å². The smallest absolute Gasteiger partial charge is 0.152 e. The van der Waals surface area contributed by atoms with Crippen molar-refractivity contribution in [3.8, 4) is 0 Å². The summed E-state index contributed by atoms with van der Waals surface area (Å²) in [7, 11) is 0. The number of nitrogens with two attached hydrogens (primary N) is 1. The van der Waals surface area contributed by atoms with E-state index in [2.05, 4.69) is 22.5 Å². The zero-order valence-corrected chi connectivity index (χ0v) is 14.1. The third kappa shape index (κ3) is 2.44. The quantitative estimate of drug-likeness (QED) is 0.771. The molecule has 0 unspecified atom stereocenters. The zero-order valence-electron chi connectivity index (χ0n) is 14.1. The Kier molecular flexibility index (Phi) is 3.68. The standard InChI is InChI=1S/C19H24N4O/c1-2-7-15-22-16-17(23(15)12-19(24)10-5-6-11-19)13-8-3-4-9-14(13)21-18(16)20/h3-4,8-9,24H,2,5-7,10-12H2,1H3,(H2,20,21). The first-order chi connectivity index (χ1) is 11.6. The molecule has 0 saturated heterocycles. The van der Waals surface area contributed by atoms with Crippen LogP contribution in [0.25, 0.3) is 21.9 Å². The van der Waals surface area contributed by atoms with Gasteiger partial charge in [0.15, 0.2) is 5.82 Å². The molecule has 0 radical (unpaired) electrons. The van der Waals surface area contributed by atoms with Crippen molar-refractivity contribution in [2.45, 2.75) is 57.6 Å². The Morgan fingerprint density at radius 2 is 1.96 bits per heavy atom. The largest absolute Gasteiger partial charge is 0.388 e. The maximum Gasteiger partial charge on any atom is 0.152 e. The number of para-hydroxylation sites is 1. The summed E-state index contributed by atoms with van der Waals surface area (Å²) in [6, 6.07) is 8.03. The number of anilines is 1. The summed E-state index contributed by atoms with van der Waals surface area (Å²) in [5.74, 6) is 1.47. The van der Waals surface area contributed by atoms with Gasteiger partial charge in [-0.1, -0.05) is 38.0 Å². The van der Waals surface area contributed by atoms with Gasteiger partial charge in [0, 0.05) is 11.8 Å². The molecule has 24 heavy (non-hydrogen) atoms. The summed E-state index contributed by atoms with van der Waals surface area (Å²) < 4.78 is 2.20. The molecule has 1 aliphatic carbocycles. The number of fused-ring (bicyclic) bond motifs is 3. The lowest BCUT2D eigenvalue weighted by Crippen LogP contribution is -2.31. The van der Waals surface area contributed by atoms with Gasteiger partial charge in [-0.15, -0.1) is 0 Å². The number of hydrogen-bond donors (Lipinski definition) is 2. The van der Waals surface area contributed by atoms with Crippen molar-refractivity contribution < 1.29 is 5.11 Å². The van der Waals surface area contributed by atoms with Crippen LogP contribution in [0.2, 0.25) is 0 Å². The average molecular weight is 324 g/mol. The van der Waals surface area contributed by atoms with E-state index in [0.29, 0.717) is 12.4 Å². The lowest BCUT2D eigenvalue weighted by atomic mass is 10.0. The van der Waals surface area contributed by atoms with E-state index in [9.17, 15) is 5.11 Å². The summed E-state index contributed by atoms with van der Waals surface area (Å²) in [6.07, 6.45) is 5.78. The molecule has 3 aromatic rings. The summed E-state index contributed by atoms with van der Waals surface area (Å²) >= 11 is 0. The van der Waals surface area contributed by atoms with E-state index in [1.54, 1.807) is 0 Å². The first-order valence-electron chi connectivity index (χ1n) is 8.87. The van der Waals surface area contributed by atoms with Gasteiger partial charge in [-0.2, -0.15) is 0 Å². The fraction of sp³-hybridized carbons (Fsp3) is 0.474. The number of hydrogen-bond acceptors (Lipinski definition) is 4. The van der Waals surface area contributed by atoms with Gasteiger partial charge in [0.2, 0.25) is 0 Å². The SMILES string of the molecule is CCCc1nc2c(N)nc3ccccc3c2n1CC1(O)CCCC1. The maximum atomic E-state index is 11.0. The van der Waals surface area contributed by atoms with Crippen molar-refractivity contribution in [3.05, 3.63) is 30.1 Å². The number of pyridine rings is 1. The molecule has 0 amide bonds. The Hall–Kier alpha value is -2.14. The molecular weight excluding hydrogens is 300 g/mol. The van der Waals surface area contributed by atoms with E-state index in [0.717, 1.165) is 66.3 Å².